The Labute approximate surface area is 219 Å². The molecule has 3 aromatic rings. The van der Waals surface area contributed by atoms with Crippen molar-refractivity contribution < 1.29 is 27.4 Å². The lowest BCUT2D eigenvalue weighted by atomic mass is 10.0. The van der Waals surface area contributed by atoms with Gasteiger partial charge in [0.2, 0.25) is 0 Å². The molecule has 1 heterocycles. The Balaban J connectivity index is 1.54. The van der Waals surface area contributed by atoms with Crippen molar-refractivity contribution in [3.05, 3.63) is 82.7 Å². The van der Waals surface area contributed by atoms with Crippen molar-refractivity contribution in [2.45, 2.75) is 45.8 Å². The number of carbonyl (C=O) groups excluding carboxylic acids is 1. The molecule has 1 saturated heterocycles. The van der Waals surface area contributed by atoms with E-state index in [2.05, 4.69) is 11.4 Å². The van der Waals surface area contributed by atoms with Gasteiger partial charge in [0, 0.05) is 37.6 Å². The number of hydrogen-bond donors (Lipinski definition) is 1. The van der Waals surface area contributed by atoms with Crippen LogP contribution in [0.3, 0.4) is 0 Å². The number of anilines is 2. The van der Waals surface area contributed by atoms with Crippen molar-refractivity contribution in [2.75, 3.05) is 23.3 Å². The third kappa shape index (κ3) is 6.02. The molecule has 4 rings (SSSR count). The van der Waals surface area contributed by atoms with Crippen molar-refractivity contribution in [2.24, 2.45) is 0 Å². The molecular weight excluding hydrogens is 495 g/mol. The molecule has 0 spiro atoms. The van der Waals surface area contributed by atoms with Gasteiger partial charge in [-0.2, -0.15) is 5.26 Å². The van der Waals surface area contributed by atoms with Crippen molar-refractivity contribution >= 4 is 17.3 Å². The molecule has 198 valence electrons. The van der Waals surface area contributed by atoms with Crippen LogP contribution in [0.2, 0.25) is 0 Å². The average Bonchev–Trinajstić information content (AvgIpc) is 2.88. The smallest absolute Gasteiger partial charge is 0.259 e. The van der Waals surface area contributed by atoms with Gasteiger partial charge >= 0.3 is 0 Å². The number of rotatable bonds is 7. The Morgan fingerprint density at radius 3 is 2.39 bits per heavy atom. The van der Waals surface area contributed by atoms with Crippen LogP contribution in [0, 0.1) is 35.7 Å². The van der Waals surface area contributed by atoms with Crippen molar-refractivity contribution in [3.63, 3.8) is 0 Å². The third-order valence-electron chi connectivity index (χ3n) is 6.29. The summed E-state index contributed by atoms with van der Waals surface area (Å²) >= 11 is 0. The first kappa shape index (κ1) is 26.9. The highest BCUT2D eigenvalue weighted by molar-refractivity contribution is 6.08. The van der Waals surface area contributed by atoms with Crippen LogP contribution in [0.5, 0.6) is 11.5 Å². The van der Waals surface area contributed by atoms with Gasteiger partial charge in [-0.25, -0.2) is 13.2 Å². The second-order valence-corrected chi connectivity index (χ2v) is 9.39. The van der Waals surface area contributed by atoms with Crippen LogP contribution in [0.4, 0.5) is 24.5 Å². The first-order chi connectivity index (χ1) is 18.2. The molecule has 0 atom stereocenters. The highest BCUT2D eigenvalue weighted by Crippen LogP contribution is 2.33. The minimum Gasteiger partial charge on any atom is -0.490 e. The molecule has 9 heteroatoms. The van der Waals surface area contributed by atoms with Crippen LogP contribution in [-0.4, -0.2) is 31.2 Å². The molecule has 0 aliphatic carbocycles. The van der Waals surface area contributed by atoms with E-state index in [1.807, 2.05) is 18.7 Å². The minimum absolute atomic E-state index is 0.000981. The minimum atomic E-state index is -0.752. The lowest BCUT2D eigenvalue weighted by Gasteiger charge is -2.35. The summed E-state index contributed by atoms with van der Waals surface area (Å²) in [6.45, 7) is 6.20. The van der Waals surface area contributed by atoms with E-state index in [4.69, 9.17) is 9.47 Å². The first-order valence-corrected chi connectivity index (χ1v) is 12.3. The summed E-state index contributed by atoms with van der Waals surface area (Å²) in [6, 6.07) is 12.9. The Morgan fingerprint density at radius 2 is 1.74 bits per heavy atom. The fourth-order valence-corrected chi connectivity index (χ4v) is 4.43. The molecule has 1 amide bonds. The van der Waals surface area contributed by atoms with Crippen LogP contribution < -0.4 is 19.7 Å². The van der Waals surface area contributed by atoms with Gasteiger partial charge in [0.1, 0.15) is 23.5 Å². The fourth-order valence-electron chi connectivity index (χ4n) is 4.43. The van der Waals surface area contributed by atoms with Gasteiger partial charge in [-0.05, 0) is 63.2 Å². The molecule has 1 aliphatic rings. The molecule has 38 heavy (non-hydrogen) atoms. The average molecular weight is 524 g/mol. The quantitative estimate of drug-likeness (QED) is 0.390. The van der Waals surface area contributed by atoms with Crippen LogP contribution in [-0.2, 0) is 0 Å². The van der Waals surface area contributed by atoms with E-state index in [9.17, 15) is 23.2 Å². The van der Waals surface area contributed by atoms with Gasteiger partial charge < -0.3 is 19.7 Å². The summed E-state index contributed by atoms with van der Waals surface area (Å²) in [5.74, 6) is -2.24. The predicted molar refractivity (Wildman–Crippen MR) is 138 cm³/mol. The molecule has 1 fully saturated rings. The van der Waals surface area contributed by atoms with E-state index >= 15 is 0 Å². The number of halogens is 3. The molecule has 3 aromatic carbocycles. The number of hydrogen-bond acceptors (Lipinski definition) is 5. The summed E-state index contributed by atoms with van der Waals surface area (Å²) in [5, 5.41) is 12.3. The van der Waals surface area contributed by atoms with E-state index in [1.54, 1.807) is 18.2 Å². The van der Waals surface area contributed by atoms with E-state index < -0.39 is 23.4 Å². The highest BCUT2D eigenvalue weighted by atomic mass is 19.1. The van der Waals surface area contributed by atoms with Crippen molar-refractivity contribution in [3.8, 4) is 17.6 Å². The number of piperidine rings is 1. The number of carbonyl (C=O) groups is 1. The summed E-state index contributed by atoms with van der Waals surface area (Å²) in [4.78, 5) is 15.4. The predicted octanol–water partition coefficient (Wildman–Crippen LogP) is 6.37. The number of nitrogens with one attached hydrogen (secondary N) is 1. The Hall–Kier alpha value is -4.19. The molecule has 1 aliphatic heterocycles. The van der Waals surface area contributed by atoms with E-state index in [0.29, 0.717) is 42.9 Å². The monoisotopic (exact) mass is 523 g/mol. The first-order valence-electron chi connectivity index (χ1n) is 12.3. The summed E-state index contributed by atoms with van der Waals surface area (Å²) in [5.41, 5.74) is 1.68. The summed E-state index contributed by atoms with van der Waals surface area (Å²) in [6.07, 6.45) is 0.614. The van der Waals surface area contributed by atoms with Crippen LogP contribution >= 0.6 is 0 Å². The fraction of sp³-hybridized carbons (Fsp3) is 0.310. The Bertz CT molecular complexity index is 1380. The van der Waals surface area contributed by atoms with Gasteiger partial charge in [0.05, 0.1) is 34.7 Å². The third-order valence-corrected chi connectivity index (χ3v) is 6.29. The number of nitrogens with zero attached hydrogens (tertiary/aromatic N) is 2. The summed E-state index contributed by atoms with van der Waals surface area (Å²) < 4.78 is 53.1. The number of amides is 1. The standard InChI is InChI=1S/C29H28F3N3O3/c1-17(2)37-27-9-6-22(31)18(3)28(27)29(36)34-24-14-19(16-33)4-7-25(24)35-12-10-21(11-13-35)38-26-8-5-20(30)15-23(26)32/h4-9,14-15,17,21H,10-13H2,1-3H3,(H,34,36). The van der Waals surface area contributed by atoms with Gasteiger partial charge in [0.25, 0.3) is 5.91 Å². The largest absolute Gasteiger partial charge is 0.490 e. The van der Waals surface area contributed by atoms with Crippen LogP contribution in [0.15, 0.2) is 48.5 Å². The van der Waals surface area contributed by atoms with Gasteiger partial charge in [-0.15, -0.1) is 0 Å². The summed E-state index contributed by atoms with van der Waals surface area (Å²) in [7, 11) is 0. The lowest BCUT2D eigenvalue weighted by Crippen LogP contribution is -2.38. The van der Waals surface area contributed by atoms with Crippen LogP contribution in [0.1, 0.15) is 48.2 Å². The maximum atomic E-state index is 14.4. The zero-order valence-electron chi connectivity index (χ0n) is 21.4. The zero-order valence-corrected chi connectivity index (χ0v) is 21.4. The normalized spacial score (nSPS) is 13.8. The second kappa shape index (κ2) is 11.5. The Kier molecular flexibility index (Phi) is 8.10. The second-order valence-electron chi connectivity index (χ2n) is 9.39. The lowest BCUT2D eigenvalue weighted by molar-refractivity contribution is 0.102. The van der Waals surface area contributed by atoms with Gasteiger partial charge in [-0.1, -0.05) is 0 Å². The molecule has 6 nitrogen and oxygen atoms in total. The van der Waals surface area contributed by atoms with Crippen molar-refractivity contribution in [1.29, 1.82) is 5.26 Å². The highest BCUT2D eigenvalue weighted by Gasteiger charge is 2.25. The molecule has 0 aromatic heterocycles. The van der Waals surface area contributed by atoms with Gasteiger partial charge in [0.15, 0.2) is 11.6 Å². The number of benzene rings is 3. The van der Waals surface area contributed by atoms with E-state index in [-0.39, 0.29) is 34.8 Å². The topological polar surface area (TPSA) is 74.6 Å². The molecule has 0 bridgehead atoms. The molecular formula is C29H28F3N3O3. The molecule has 0 radical (unpaired) electrons. The molecule has 1 N–H and O–H groups in total. The SMILES string of the molecule is Cc1c(F)ccc(OC(C)C)c1C(=O)Nc1cc(C#N)ccc1N1CCC(Oc2ccc(F)cc2F)CC1. The number of nitriles is 1. The zero-order chi connectivity index (χ0) is 27.4. The molecule has 0 saturated carbocycles. The van der Waals surface area contributed by atoms with Gasteiger partial charge in [-0.3, -0.25) is 4.79 Å². The van der Waals surface area contributed by atoms with E-state index in [1.165, 1.54) is 25.1 Å². The molecule has 0 unspecified atom stereocenters. The van der Waals surface area contributed by atoms with Crippen LogP contribution in [0.25, 0.3) is 0 Å². The maximum Gasteiger partial charge on any atom is 0.259 e. The van der Waals surface area contributed by atoms with E-state index in [0.717, 1.165) is 12.1 Å². The van der Waals surface area contributed by atoms with Crippen molar-refractivity contribution in [1.82, 2.24) is 0 Å². The number of ether oxygens (including phenoxy) is 2. The Morgan fingerprint density at radius 1 is 1.03 bits per heavy atom. The maximum absolute atomic E-state index is 14.4.